The summed E-state index contributed by atoms with van der Waals surface area (Å²) < 4.78 is 1.57. The van der Waals surface area contributed by atoms with Crippen LogP contribution in [0.5, 0.6) is 5.88 Å². The van der Waals surface area contributed by atoms with Crippen molar-refractivity contribution < 1.29 is 10.2 Å². The third-order valence-electron chi connectivity index (χ3n) is 5.59. The summed E-state index contributed by atoms with van der Waals surface area (Å²) >= 11 is 5.27. The lowest BCUT2D eigenvalue weighted by Crippen LogP contribution is -2.40. The summed E-state index contributed by atoms with van der Waals surface area (Å²) in [5.74, 6) is -0.231. The molecule has 1 aromatic carbocycles. The van der Waals surface area contributed by atoms with Crippen LogP contribution in [0.1, 0.15) is 51.2 Å². The van der Waals surface area contributed by atoms with E-state index in [4.69, 9.17) is 12.2 Å². The number of nitrogens with zero attached hydrogens (tertiary/aromatic N) is 2. The smallest absolute Gasteiger partial charge is 0.264 e. The van der Waals surface area contributed by atoms with Crippen LogP contribution < -0.4 is 5.56 Å². The summed E-state index contributed by atoms with van der Waals surface area (Å²) in [4.78, 5) is 19.5. The van der Waals surface area contributed by atoms with Gasteiger partial charge in [0.05, 0.1) is 11.8 Å². The molecular weight excluding hydrogens is 386 g/mol. The van der Waals surface area contributed by atoms with Crippen LogP contribution in [-0.4, -0.2) is 38.6 Å². The fraction of sp³-hybridized carbons (Fsp3) is 0.500. The van der Waals surface area contributed by atoms with Crippen molar-refractivity contribution in [3.63, 3.8) is 0 Å². The van der Waals surface area contributed by atoms with Crippen LogP contribution in [0, 0.1) is 22.5 Å². The third-order valence-corrected chi connectivity index (χ3v) is 5.88. The molecule has 0 spiro atoms. The summed E-state index contributed by atoms with van der Waals surface area (Å²) in [5, 5.41) is 21.0. The van der Waals surface area contributed by atoms with Gasteiger partial charge in [0.25, 0.3) is 5.56 Å². The third kappa shape index (κ3) is 4.67. The first-order valence-electron chi connectivity index (χ1n) is 9.84. The van der Waals surface area contributed by atoms with Crippen LogP contribution in [-0.2, 0) is 0 Å². The number of nitrogens with one attached hydrogen (secondary N) is 1. The number of aromatic hydroxyl groups is 1. The van der Waals surface area contributed by atoms with E-state index < -0.39 is 5.56 Å². The van der Waals surface area contributed by atoms with Crippen molar-refractivity contribution >= 4 is 18.4 Å². The molecule has 0 unspecified atom stereocenters. The van der Waals surface area contributed by atoms with E-state index in [1.807, 2.05) is 31.2 Å². The number of rotatable bonds is 4. The van der Waals surface area contributed by atoms with Gasteiger partial charge < -0.3 is 10.2 Å². The van der Waals surface area contributed by atoms with Crippen molar-refractivity contribution in [2.45, 2.75) is 53.1 Å². The van der Waals surface area contributed by atoms with Gasteiger partial charge >= 0.3 is 0 Å². The highest BCUT2D eigenvalue weighted by molar-refractivity contribution is 7.71. The largest absolute Gasteiger partial charge is 0.494 e. The van der Waals surface area contributed by atoms with E-state index in [0.717, 1.165) is 18.4 Å². The summed E-state index contributed by atoms with van der Waals surface area (Å²) in [6, 6.07) is 7.48. The molecule has 156 valence electrons. The molecule has 1 aromatic heterocycles. The molecule has 29 heavy (non-hydrogen) atoms. The normalized spacial score (nSPS) is 24.1. The van der Waals surface area contributed by atoms with Crippen molar-refractivity contribution in [2.75, 3.05) is 6.54 Å². The highest BCUT2D eigenvalue weighted by Gasteiger charge is 2.40. The predicted molar refractivity (Wildman–Crippen MR) is 118 cm³/mol. The monoisotopic (exact) mass is 415 g/mol. The Kier molecular flexibility index (Phi) is 5.83. The molecule has 1 aliphatic carbocycles. The second-order valence-corrected chi connectivity index (χ2v) is 9.69. The molecule has 3 rings (SSSR count). The van der Waals surface area contributed by atoms with Gasteiger partial charge in [-0.1, -0.05) is 39.0 Å². The Morgan fingerprint density at radius 3 is 2.66 bits per heavy atom. The van der Waals surface area contributed by atoms with Crippen LogP contribution >= 0.6 is 12.2 Å². The Bertz CT molecular complexity index is 1050. The number of hydrogen-bond acceptors (Lipinski definition) is 5. The lowest BCUT2D eigenvalue weighted by atomic mass is 9.63. The van der Waals surface area contributed by atoms with E-state index in [1.54, 1.807) is 0 Å². The maximum absolute atomic E-state index is 12.4. The lowest BCUT2D eigenvalue weighted by molar-refractivity contribution is -0.00472. The average Bonchev–Trinajstić information content (AvgIpc) is 2.57. The van der Waals surface area contributed by atoms with Crippen LogP contribution in [0.4, 0.5) is 0 Å². The Hall–Kier alpha value is -2.25. The topological polar surface area (TPSA) is 90.6 Å². The second-order valence-electron chi connectivity index (χ2n) is 9.30. The van der Waals surface area contributed by atoms with Crippen molar-refractivity contribution in [1.82, 2.24) is 9.55 Å². The maximum Gasteiger partial charge on any atom is 0.264 e. The number of H-pyrrole nitrogens is 1. The average molecular weight is 416 g/mol. The molecule has 0 radical (unpaired) electrons. The van der Waals surface area contributed by atoms with Crippen molar-refractivity contribution in [1.29, 1.82) is 0 Å². The van der Waals surface area contributed by atoms with E-state index in [0.29, 0.717) is 18.7 Å². The van der Waals surface area contributed by atoms with Gasteiger partial charge in [0.15, 0.2) is 4.77 Å². The van der Waals surface area contributed by atoms with Gasteiger partial charge in [0, 0.05) is 12.8 Å². The molecule has 1 fully saturated rings. The van der Waals surface area contributed by atoms with E-state index in [-0.39, 0.29) is 33.1 Å². The molecule has 6 nitrogen and oxygen atoms in total. The maximum atomic E-state index is 12.4. The first kappa shape index (κ1) is 21.5. The number of para-hydroxylation sites is 1. The van der Waals surface area contributed by atoms with E-state index in [9.17, 15) is 15.0 Å². The van der Waals surface area contributed by atoms with Gasteiger partial charge in [-0.05, 0) is 60.9 Å². The highest BCUT2D eigenvalue weighted by atomic mass is 32.1. The summed E-state index contributed by atoms with van der Waals surface area (Å²) in [7, 11) is 0. The molecule has 1 aliphatic rings. The standard InChI is InChI=1S/C22H29N3O3S/c1-14-7-5-6-8-17(14)25-19(28)16(18(27)24-20(25)29)11-23-13-22(4)10-15(26)9-21(2,3)12-22/h5-8,11,15,26,28H,9-10,12-13H2,1-4H3,(H,24,27,29)/t15-,22-/m0/s1. The SMILES string of the molecule is Cc1ccccc1-n1c(O)c(C=NC[C@@]2(C)C[C@@H](O)CC(C)(C)C2)c(=O)[nH]c1=S. The first-order valence-corrected chi connectivity index (χ1v) is 10.2. The number of benzene rings is 1. The molecule has 0 saturated heterocycles. The molecule has 1 saturated carbocycles. The van der Waals surface area contributed by atoms with Crippen LogP contribution in [0.25, 0.3) is 5.69 Å². The highest BCUT2D eigenvalue weighted by Crippen LogP contribution is 2.46. The van der Waals surface area contributed by atoms with Gasteiger partial charge in [-0.25, -0.2) is 0 Å². The minimum absolute atomic E-state index is 0.0411. The van der Waals surface area contributed by atoms with E-state index >= 15 is 0 Å². The lowest BCUT2D eigenvalue weighted by Gasteiger charge is -2.44. The molecular formula is C22H29N3O3S. The van der Waals surface area contributed by atoms with Gasteiger partial charge in [0.2, 0.25) is 5.88 Å². The van der Waals surface area contributed by atoms with Crippen molar-refractivity contribution in [3.8, 4) is 11.6 Å². The zero-order valence-corrected chi connectivity index (χ0v) is 18.2. The first-order chi connectivity index (χ1) is 13.5. The van der Waals surface area contributed by atoms with Crippen LogP contribution in [0.3, 0.4) is 0 Å². The molecule has 0 bridgehead atoms. The zero-order valence-electron chi connectivity index (χ0n) is 17.4. The molecule has 2 atom stereocenters. The molecule has 0 aliphatic heterocycles. The molecule has 1 heterocycles. The molecule has 0 amide bonds. The Balaban J connectivity index is 1.94. The Morgan fingerprint density at radius 1 is 1.31 bits per heavy atom. The number of hydrogen-bond donors (Lipinski definition) is 3. The van der Waals surface area contributed by atoms with Crippen LogP contribution in [0.2, 0.25) is 0 Å². The van der Waals surface area contributed by atoms with Crippen molar-refractivity contribution in [3.05, 3.63) is 50.5 Å². The van der Waals surface area contributed by atoms with Crippen molar-refractivity contribution in [2.24, 2.45) is 15.8 Å². The minimum atomic E-state index is -0.477. The number of aromatic nitrogens is 2. The van der Waals surface area contributed by atoms with Crippen LogP contribution in [0.15, 0.2) is 34.1 Å². The van der Waals surface area contributed by atoms with Gasteiger partial charge in [-0.15, -0.1) is 0 Å². The number of aryl methyl sites for hydroxylation is 1. The second kappa shape index (κ2) is 7.88. The molecule has 3 N–H and O–H groups in total. The minimum Gasteiger partial charge on any atom is -0.494 e. The fourth-order valence-corrected chi connectivity index (χ4v) is 5.03. The summed E-state index contributed by atoms with van der Waals surface area (Å²) in [5.41, 5.74) is 1.09. The summed E-state index contributed by atoms with van der Waals surface area (Å²) in [6.07, 6.45) is 3.45. The Labute approximate surface area is 176 Å². The predicted octanol–water partition coefficient (Wildman–Crippen LogP) is 3.91. The van der Waals surface area contributed by atoms with Gasteiger partial charge in [-0.2, -0.15) is 0 Å². The quantitative estimate of drug-likeness (QED) is 0.522. The van der Waals surface area contributed by atoms with E-state index in [2.05, 4.69) is 30.7 Å². The number of aromatic amines is 1. The molecule has 2 aromatic rings. The van der Waals surface area contributed by atoms with Gasteiger partial charge in [0.1, 0.15) is 5.56 Å². The van der Waals surface area contributed by atoms with Gasteiger partial charge in [-0.3, -0.25) is 19.3 Å². The number of aliphatic hydroxyl groups is 1. The number of aliphatic hydroxyl groups excluding tert-OH is 1. The molecule has 7 heteroatoms. The van der Waals surface area contributed by atoms with E-state index in [1.165, 1.54) is 10.8 Å². The zero-order chi connectivity index (χ0) is 21.4. The summed E-state index contributed by atoms with van der Waals surface area (Å²) in [6.45, 7) is 8.79. The Morgan fingerprint density at radius 2 is 2.00 bits per heavy atom. The number of aliphatic imine (C=N–C) groups is 1. The fourth-order valence-electron chi connectivity index (χ4n) is 4.75.